The fourth-order valence-electron chi connectivity index (χ4n) is 2.76. The molecular weight excluding hydrogens is 308 g/mol. The summed E-state index contributed by atoms with van der Waals surface area (Å²) in [5.41, 5.74) is 6.00. The number of rotatable bonds is 2. The molecule has 23 heavy (non-hydrogen) atoms. The van der Waals surface area contributed by atoms with Gasteiger partial charge in [-0.2, -0.15) is 5.26 Å². The molecule has 1 unspecified atom stereocenters. The van der Waals surface area contributed by atoms with Gasteiger partial charge in [-0.15, -0.1) is 11.3 Å². The van der Waals surface area contributed by atoms with Crippen molar-refractivity contribution in [1.82, 2.24) is 9.55 Å². The minimum atomic E-state index is -0.634. The average Bonchev–Trinajstić information content (AvgIpc) is 3.25. The quantitative estimate of drug-likeness (QED) is 0.786. The lowest BCUT2D eigenvalue weighted by atomic mass is 9.98. The van der Waals surface area contributed by atoms with Crippen LogP contribution in [0, 0.1) is 17.2 Å². The van der Waals surface area contributed by atoms with Gasteiger partial charge in [-0.25, -0.2) is 4.98 Å². The van der Waals surface area contributed by atoms with Crippen LogP contribution in [0.3, 0.4) is 0 Å². The van der Waals surface area contributed by atoms with Crippen molar-refractivity contribution in [2.45, 2.75) is 0 Å². The smallest absolute Gasteiger partial charge is 0.200 e. The van der Waals surface area contributed by atoms with Crippen molar-refractivity contribution >= 4 is 22.8 Å². The van der Waals surface area contributed by atoms with Crippen LogP contribution in [-0.4, -0.2) is 21.9 Å². The van der Waals surface area contributed by atoms with Crippen LogP contribution in [0.15, 0.2) is 47.4 Å². The third-order valence-corrected chi connectivity index (χ3v) is 4.55. The number of carbonyl (C=O) groups excluding carboxylic acids is 1. The predicted octanol–water partition coefficient (Wildman–Crippen LogP) is 3.35. The minimum Gasteiger partial charge on any atom is -0.381 e. The lowest BCUT2D eigenvalue weighted by Crippen LogP contribution is -2.29. The summed E-state index contributed by atoms with van der Waals surface area (Å²) in [7, 11) is 0. The number of Topliss-reactive ketones (excluding diaryl/α,β-unsaturated/α-hetero) is 1. The van der Waals surface area contributed by atoms with Crippen LogP contribution in [0.4, 0.5) is 5.69 Å². The Labute approximate surface area is 136 Å². The number of hydrogen-bond donors (Lipinski definition) is 1. The third kappa shape index (κ3) is 2.22. The molecule has 0 amide bonds. The Morgan fingerprint density at radius 2 is 2.13 bits per heavy atom. The number of nitrogens with zero attached hydrogens (tertiary/aromatic N) is 3. The van der Waals surface area contributed by atoms with Crippen LogP contribution < -0.4 is 5.32 Å². The van der Waals surface area contributed by atoms with Gasteiger partial charge in [-0.3, -0.25) is 4.79 Å². The molecule has 0 radical (unpaired) electrons. The Bertz CT molecular complexity index is 903. The molecule has 1 aliphatic rings. The summed E-state index contributed by atoms with van der Waals surface area (Å²) >= 11 is 1.56. The highest BCUT2D eigenvalue weighted by atomic mass is 32.1. The van der Waals surface area contributed by atoms with Crippen LogP contribution in [0.1, 0.15) is 10.5 Å². The second kappa shape index (κ2) is 5.38. The molecule has 1 aliphatic heterocycles. The second-order valence-corrected chi connectivity index (χ2v) is 6.01. The zero-order valence-corrected chi connectivity index (χ0v) is 12.9. The molecular formula is C17H12N4OS. The summed E-state index contributed by atoms with van der Waals surface area (Å²) in [5.74, 6) is -0.764. The first-order valence-electron chi connectivity index (χ1n) is 7.16. The van der Waals surface area contributed by atoms with Crippen LogP contribution >= 0.6 is 11.3 Å². The normalized spacial score (nSPS) is 16.5. The Morgan fingerprint density at radius 3 is 2.83 bits per heavy atom. The molecule has 1 aromatic carbocycles. The zero-order valence-electron chi connectivity index (χ0n) is 12.1. The largest absolute Gasteiger partial charge is 0.381 e. The van der Waals surface area contributed by atoms with E-state index in [1.165, 1.54) is 0 Å². The standard InChI is InChI=1S/C17H12N4OS/c18-7-12-8-19-14-5-6-21(16(14)17(12)22)13-3-1-11(2-4-13)15-9-23-10-20-15/h1-6,9-10,12,19H,8H2. The highest BCUT2D eigenvalue weighted by molar-refractivity contribution is 7.07. The topological polar surface area (TPSA) is 70.7 Å². The Kier molecular flexibility index (Phi) is 3.21. The molecule has 0 saturated heterocycles. The van der Waals surface area contributed by atoms with Crippen molar-refractivity contribution in [3.8, 4) is 23.0 Å². The van der Waals surface area contributed by atoms with Crippen LogP contribution in [-0.2, 0) is 0 Å². The number of nitriles is 1. The zero-order chi connectivity index (χ0) is 15.8. The van der Waals surface area contributed by atoms with Gasteiger partial charge >= 0.3 is 0 Å². The van der Waals surface area contributed by atoms with E-state index >= 15 is 0 Å². The summed E-state index contributed by atoms with van der Waals surface area (Å²) < 4.78 is 1.83. The number of hydrogen-bond acceptors (Lipinski definition) is 5. The lowest BCUT2D eigenvalue weighted by Gasteiger charge is -2.20. The van der Waals surface area contributed by atoms with Crippen LogP contribution in [0.2, 0.25) is 0 Å². The summed E-state index contributed by atoms with van der Waals surface area (Å²) in [4.78, 5) is 16.8. The molecule has 6 heteroatoms. The number of carbonyl (C=O) groups is 1. The van der Waals surface area contributed by atoms with Gasteiger partial charge in [0.1, 0.15) is 11.6 Å². The maximum atomic E-state index is 12.5. The second-order valence-electron chi connectivity index (χ2n) is 5.30. The molecule has 1 atom stereocenters. The van der Waals surface area contributed by atoms with Gasteiger partial charge in [0.05, 0.1) is 23.0 Å². The van der Waals surface area contributed by atoms with E-state index in [2.05, 4.69) is 16.4 Å². The monoisotopic (exact) mass is 320 g/mol. The SMILES string of the molecule is N#CC1CNc2ccn(-c3ccc(-c4cscn4)cc3)c2C1=O. The first-order chi connectivity index (χ1) is 11.3. The Balaban J connectivity index is 1.74. The number of fused-ring (bicyclic) bond motifs is 1. The van der Waals surface area contributed by atoms with E-state index < -0.39 is 5.92 Å². The maximum Gasteiger partial charge on any atom is 0.200 e. The number of ketones is 1. The number of thiazole rings is 1. The summed E-state index contributed by atoms with van der Waals surface area (Å²) in [6, 6.07) is 11.8. The predicted molar refractivity (Wildman–Crippen MR) is 88.8 cm³/mol. The van der Waals surface area contributed by atoms with Gasteiger partial charge in [-0.05, 0) is 18.2 Å². The summed E-state index contributed by atoms with van der Waals surface area (Å²) in [5, 5.41) is 14.2. The molecule has 0 saturated carbocycles. The van der Waals surface area contributed by atoms with E-state index in [9.17, 15) is 4.79 Å². The average molecular weight is 320 g/mol. The molecule has 0 spiro atoms. The van der Waals surface area contributed by atoms with Crippen molar-refractivity contribution in [3.05, 3.63) is 53.1 Å². The van der Waals surface area contributed by atoms with Gasteiger partial charge in [0.25, 0.3) is 0 Å². The molecule has 0 aliphatic carbocycles. The van der Waals surface area contributed by atoms with E-state index in [1.54, 1.807) is 16.8 Å². The van der Waals surface area contributed by atoms with Crippen molar-refractivity contribution in [3.63, 3.8) is 0 Å². The van der Waals surface area contributed by atoms with Gasteiger partial charge < -0.3 is 9.88 Å². The summed E-state index contributed by atoms with van der Waals surface area (Å²) in [6.45, 7) is 0.370. The maximum absolute atomic E-state index is 12.5. The first-order valence-corrected chi connectivity index (χ1v) is 8.10. The van der Waals surface area contributed by atoms with E-state index in [0.29, 0.717) is 12.2 Å². The number of aromatic nitrogens is 2. The van der Waals surface area contributed by atoms with Crippen LogP contribution in [0.25, 0.3) is 16.9 Å². The van der Waals surface area contributed by atoms with Gasteiger partial charge in [-0.1, -0.05) is 12.1 Å². The van der Waals surface area contributed by atoms with Crippen molar-refractivity contribution < 1.29 is 4.79 Å². The van der Waals surface area contributed by atoms with Crippen molar-refractivity contribution in [1.29, 1.82) is 5.26 Å². The molecule has 112 valence electrons. The molecule has 0 fully saturated rings. The lowest BCUT2D eigenvalue weighted by molar-refractivity contribution is 0.0943. The minimum absolute atomic E-state index is 0.130. The van der Waals surface area contributed by atoms with Crippen LogP contribution in [0.5, 0.6) is 0 Å². The van der Waals surface area contributed by atoms with Crippen molar-refractivity contribution in [2.75, 3.05) is 11.9 Å². The van der Waals surface area contributed by atoms with Gasteiger partial charge in [0.2, 0.25) is 5.78 Å². The highest BCUT2D eigenvalue weighted by Gasteiger charge is 2.30. The van der Waals surface area contributed by atoms with Gasteiger partial charge in [0, 0.05) is 29.4 Å². The number of anilines is 1. The Morgan fingerprint density at radius 1 is 1.30 bits per heavy atom. The van der Waals surface area contributed by atoms with Crippen molar-refractivity contribution in [2.24, 2.45) is 5.92 Å². The van der Waals surface area contributed by atoms with E-state index in [1.807, 2.05) is 46.5 Å². The molecule has 3 heterocycles. The van der Waals surface area contributed by atoms with E-state index in [-0.39, 0.29) is 5.78 Å². The van der Waals surface area contributed by atoms with Gasteiger partial charge in [0.15, 0.2) is 0 Å². The highest BCUT2D eigenvalue weighted by Crippen LogP contribution is 2.29. The number of nitrogens with one attached hydrogen (secondary N) is 1. The van der Waals surface area contributed by atoms with E-state index in [4.69, 9.17) is 5.26 Å². The van der Waals surface area contributed by atoms with E-state index in [0.717, 1.165) is 22.6 Å². The Hall–Kier alpha value is -2.91. The fraction of sp³-hybridized carbons (Fsp3) is 0.118. The molecule has 1 N–H and O–H groups in total. The molecule has 0 bridgehead atoms. The number of benzene rings is 1. The third-order valence-electron chi connectivity index (χ3n) is 3.96. The molecule has 3 aromatic rings. The molecule has 5 nitrogen and oxygen atoms in total. The fourth-order valence-corrected chi connectivity index (χ4v) is 3.32. The first kappa shape index (κ1) is 13.7. The summed E-state index contributed by atoms with van der Waals surface area (Å²) in [6.07, 6.45) is 1.85. The molecule has 2 aromatic heterocycles. The molecule has 4 rings (SSSR count).